The van der Waals surface area contributed by atoms with Crippen molar-refractivity contribution in [1.82, 2.24) is 0 Å². The van der Waals surface area contributed by atoms with E-state index in [0.29, 0.717) is 18.1 Å². The summed E-state index contributed by atoms with van der Waals surface area (Å²) in [6, 6.07) is 27.0. The van der Waals surface area contributed by atoms with E-state index in [9.17, 15) is 5.11 Å². The monoisotopic (exact) mass is 345 g/mol. The van der Waals surface area contributed by atoms with Crippen molar-refractivity contribution < 1.29 is 14.7 Å². The SMILES string of the molecule is O[C@H]1/C(=N\OCc2ccccc2)c2ccccc2O[C@@H]1c1ccccc1. The number of benzene rings is 3. The molecule has 0 aromatic heterocycles. The van der Waals surface area contributed by atoms with Crippen molar-refractivity contribution in [3.63, 3.8) is 0 Å². The number of oxime groups is 1. The average molecular weight is 345 g/mol. The summed E-state index contributed by atoms with van der Waals surface area (Å²) >= 11 is 0. The van der Waals surface area contributed by atoms with Crippen molar-refractivity contribution in [2.75, 3.05) is 0 Å². The summed E-state index contributed by atoms with van der Waals surface area (Å²) in [7, 11) is 0. The van der Waals surface area contributed by atoms with Gasteiger partial charge in [0.1, 0.15) is 24.2 Å². The van der Waals surface area contributed by atoms with Crippen LogP contribution in [0.3, 0.4) is 0 Å². The lowest BCUT2D eigenvalue weighted by Gasteiger charge is -2.31. The zero-order valence-corrected chi connectivity index (χ0v) is 14.2. The van der Waals surface area contributed by atoms with E-state index in [2.05, 4.69) is 5.16 Å². The fourth-order valence-corrected chi connectivity index (χ4v) is 3.03. The van der Waals surface area contributed by atoms with E-state index in [1.54, 1.807) is 0 Å². The summed E-state index contributed by atoms with van der Waals surface area (Å²) in [5, 5.41) is 15.2. The predicted octanol–water partition coefficient (Wildman–Crippen LogP) is 4.10. The molecule has 0 saturated heterocycles. The molecule has 1 heterocycles. The van der Waals surface area contributed by atoms with Crippen LogP contribution in [-0.4, -0.2) is 16.9 Å². The molecule has 0 radical (unpaired) electrons. The van der Waals surface area contributed by atoms with Crippen molar-refractivity contribution in [3.05, 3.63) is 102 Å². The summed E-state index contributed by atoms with van der Waals surface area (Å²) in [5.41, 5.74) is 3.15. The molecule has 0 aliphatic carbocycles. The molecule has 0 spiro atoms. The molecule has 3 aromatic carbocycles. The predicted molar refractivity (Wildman–Crippen MR) is 100 cm³/mol. The highest BCUT2D eigenvalue weighted by molar-refractivity contribution is 6.06. The zero-order valence-electron chi connectivity index (χ0n) is 14.2. The number of ether oxygens (including phenoxy) is 1. The number of rotatable bonds is 4. The topological polar surface area (TPSA) is 51.1 Å². The van der Waals surface area contributed by atoms with Gasteiger partial charge in [-0.25, -0.2) is 0 Å². The Morgan fingerprint density at radius 3 is 2.27 bits per heavy atom. The van der Waals surface area contributed by atoms with Crippen LogP contribution < -0.4 is 4.74 Å². The van der Waals surface area contributed by atoms with Gasteiger partial charge in [0.05, 0.1) is 0 Å². The van der Waals surface area contributed by atoms with Crippen LogP contribution in [0.2, 0.25) is 0 Å². The van der Waals surface area contributed by atoms with Gasteiger partial charge in [0, 0.05) is 5.56 Å². The lowest BCUT2D eigenvalue weighted by Crippen LogP contribution is -2.37. The molecule has 1 aliphatic heterocycles. The van der Waals surface area contributed by atoms with E-state index in [4.69, 9.17) is 9.57 Å². The maximum Gasteiger partial charge on any atom is 0.155 e. The summed E-state index contributed by atoms with van der Waals surface area (Å²) in [6.45, 7) is 0.343. The number of hydrogen-bond acceptors (Lipinski definition) is 4. The van der Waals surface area contributed by atoms with Crippen LogP contribution >= 0.6 is 0 Å². The fourth-order valence-electron chi connectivity index (χ4n) is 3.03. The standard InChI is InChI=1S/C22H19NO3/c24-21-20(23-25-15-16-9-3-1-4-10-16)18-13-7-8-14-19(18)26-22(21)17-11-5-2-6-12-17/h1-14,21-22,24H,15H2/b23-20-/t21-,22+/m0/s1. The van der Waals surface area contributed by atoms with Crippen molar-refractivity contribution in [3.8, 4) is 5.75 Å². The molecule has 0 saturated carbocycles. The Balaban J connectivity index is 1.64. The third kappa shape index (κ3) is 3.32. The van der Waals surface area contributed by atoms with Crippen molar-refractivity contribution in [2.45, 2.75) is 18.8 Å². The zero-order chi connectivity index (χ0) is 17.8. The Morgan fingerprint density at radius 1 is 0.846 bits per heavy atom. The highest BCUT2D eigenvalue weighted by atomic mass is 16.6. The van der Waals surface area contributed by atoms with Crippen LogP contribution in [0.5, 0.6) is 5.75 Å². The quantitative estimate of drug-likeness (QED) is 0.724. The van der Waals surface area contributed by atoms with E-state index >= 15 is 0 Å². The molecule has 1 N–H and O–H groups in total. The first-order chi connectivity index (χ1) is 12.8. The molecule has 130 valence electrons. The Morgan fingerprint density at radius 2 is 1.50 bits per heavy atom. The third-order valence-corrected chi connectivity index (χ3v) is 4.35. The molecule has 0 fully saturated rings. The van der Waals surface area contributed by atoms with E-state index in [0.717, 1.165) is 16.7 Å². The highest BCUT2D eigenvalue weighted by Gasteiger charge is 2.35. The molecule has 26 heavy (non-hydrogen) atoms. The largest absolute Gasteiger partial charge is 0.482 e. The first kappa shape index (κ1) is 16.4. The van der Waals surface area contributed by atoms with E-state index in [-0.39, 0.29) is 0 Å². The normalized spacial score (nSPS) is 20.3. The summed E-state index contributed by atoms with van der Waals surface area (Å²) in [6.07, 6.45) is -1.44. The maximum atomic E-state index is 10.9. The molecule has 2 atom stereocenters. The number of aliphatic hydroxyl groups excluding tert-OH is 1. The Bertz CT molecular complexity index is 894. The first-order valence-corrected chi connectivity index (χ1v) is 8.56. The third-order valence-electron chi connectivity index (χ3n) is 4.35. The fraction of sp³-hybridized carbons (Fsp3) is 0.136. The van der Waals surface area contributed by atoms with Crippen LogP contribution in [0.4, 0.5) is 0 Å². The Labute approximate surface area is 152 Å². The lowest BCUT2D eigenvalue weighted by molar-refractivity contribution is 0.0629. The van der Waals surface area contributed by atoms with Gasteiger partial charge in [-0.05, 0) is 23.3 Å². The van der Waals surface area contributed by atoms with Gasteiger partial charge >= 0.3 is 0 Å². The number of aliphatic hydroxyl groups is 1. The van der Waals surface area contributed by atoms with Gasteiger partial charge in [-0.3, -0.25) is 0 Å². The smallest absolute Gasteiger partial charge is 0.155 e. The highest BCUT2D eigenvalue weighted by Crippen LogP contribution is 2.35. The van der Waals surface area contributed by atoms with Crippen LogP contribution in [0.15, 0.2) is 90.1 Å². The van der Waals surface area contributed by atoms with Crippen molar-refractivity contribution in [2.24, 2.45) is 5.16 Å². The second-order valence-corrected chi connectivity index (χ2v) is 6.13. The van der Waals surface area contributed by atoms with Crippen LogP contribution in [0.1, 0.15) is 22.8 Å². The molecule has 0 amide bonds. The first-order valence-electron chi connectivity index (χ1n) is 8.56. The van der Waals surface area contributed by atoms with Crippen molar-refractivity contribution in [1.29, 1.82) is 0 Å². The molecule has 0 unspecified atom stereocenters. The molecule has 4 rings (SSSR count). The van der Waals surface area contributed by atoms with Gasteiger partial charge in [0.25, 0.3) is 0 Å². The number of fused-ring (bicyclic) bond motifs is 1. The number of para-hydroxylation sites is 1. The van der Waals surface area contributed by atoms with E-state index < -0.39 is 12.2 Å². The minimum Gasteiger partial charge on any atom is -0.482 e. The molecule has 3 aromatic rings. The number of nitrogens with zero attached hydrogens (tertiary/aromatic N) is 1. The lowest BCUT2D eigenvalue weighted by atomic mass is 9.93. The molecule has 1 aliphatic rings. The van der Waals surface area contributed by atoms with Gasteiger partial charge in [-0.2, -0.15) is 0 Å². The van der Waals surface area contributed by atoms with Gasteiger partial charge in [-0.15, -0.1) is 0 Å². The summed E-state index contributed by atoms with van der Waals surface area (Å²) < 4.78 is 6.04. The summed E-state index contributed by atoms with van der Waals surface area (Å²) in [5.74, 6) is 0.689. The van der Waals surface area contributed by atoms with E-state index in [1.807, 2.05) is 84.9 Å². The van der Waals surface area contributed by atoms with Crippen LogP contribution in [0, 0.1) is 0 Å². The number of hydrogen-bond donors (Lipinski definition) is 1. The molecular formula is C22H19NO3. The van der Waals surface area contributed by atoms with Gasteiger partial charge < -0.3 is 14.7 Å². The maximum absolute atomic E-state index is 10.9. The van der Waals surface area contributed by atoms with E-state index in [1.165, 1.54) is 0 Å². The van der Waals surface area contributed by atoms with Crippen molar-refractivity contribution >= 4 is 5.71 Å². The van der Waals surface area contributed by atoms with Crippen LogP contribution in [0.25, 0.3) is 0 Å². The van der Waals surface area contributed by atoms with Gasteiger partial charge in [-0.1, -0.05) is 78.0 Å². The minimum atomic E-state index is -0.914. The average Bonchev–Trinajstić information content (AvgIpc) is 2.71. The second-order valence-electron chi connectivity index (χ2n) is 6.13. The summed E-state index contributed by atoms with van der Waals surface area (Å²) in [4.78, 5) is 5.54. The Hall–Kier alpha value is -3.11. The molecule has 4 nitrogen and oxygen atoms in total. The molecule has 0 bridgehead atoms. The Kier molecular flexibility index (Phi) is 4.67. The minimum absolute atomic E-state index is 0.343. The van der Waals surface area contributed by atoms with Gasteiger partial charge in [0.2, 0.25) is 0 Å². The van der Waals surface area contributed by atoms with Gasteiger partial charge in [0.15, 0.2) is 6.10 Å². The second kappa shape index (κ2) is 7.42. The molecule has 4 heteroatoms. The molecular weight excluding hydrogens is 326 g/mol. The van der Waals surface area contributed by atoms with Crippen LogP contribution in [-0.2, 0) is 11.4 Å².